The summed E-state index contributed by atoms with van der Waals surface area (Å²) < 4.78 is 8.28. The fourth-order valence-electron chi connectivity index (χ4n) is 2.43. The van der Waals surface area contributed by atoms with E-state index in [-0.39, 0.29) is 5.82 Å². The van der Waals surface area contributed by atoms with Gasteiger partial charge in [0.25, 0.3) is 11.7 Å². The average molecular weight is 424 g/mol. The first kappa shape index (κ1) is 17.2. The molecular formula is C19H14BrN5O2. The zero-order chi connectivity index (χ0) is 18.8. The second-order valence-electron chi connectivity index (χ2n) is 5.77. The number of benzene rings is 2. The standard InChI is InChI=1S/C19H14BrN5O2/c1-12-10-11-21-19-23-17(24-25(12)19)18(26)22-14-4-8-16(9-5-14)27-15-6-2-13(20)3-7-15/h2-11H,1H3,(H,22,26). The van der Waals surface area contributed by atoms with Gasteiger partial charge >= 0.3 is 0 Å². The van der Waals surface area contributed by atoms with Crippen LogP contribution in [0, 0.1) is 6.92 Å². The molecule has 134 valence electrons. The van der Waals surface area contributed by atoms with Gasteiger partial charge in [-0.3, -0.25) is 4.79 Å². The molecule has 2 heterocycles. The van der Waals surface area contributed by atoms with Gasteiger partial charge in [-0.1, -0.05) is 15.9 Å². The molecule has 8 heteroatoms. The van der Waals surface area contributed by atoms with Crippen molar-refractivity contribution in [3.63, 3.8) is 0 Å². The van der Waals surface area contributed by atoms with E-state index < -0.39 is 5.91 Å². The Morgan fingerprint density at radius 2 is 1.70 bits per heavy atom. The summed E-state index contributed by atoms with van der Waals surface area (Å²) >= 11 is 3.39. The van der Waals surface area contributed by atoms with Gasteiger partial charge in [-0.15, -0.1) is 5.10 Å². The van der Waals surface area contributed by atoms with Gasteiger partial charge in [0.2, 0.25) is 5.82 Å². The number of nitrogens with zero attached hydrogens (tertiary/aromatic N) is 4. The molecule has 0 spiro atoms. The maximum absolute atomic E-state index is 12.4. The smallest absolute Gasteiger partial charge is 0.295 e. The Morgan fingerprint density at radius 3 is 2.37 bits per heavy atom. The Hall–Kier alpha value is -3.26. The Balaban J connectivity index is 1.46. The van der Waals surface area contributed by atoms with Gasteiger partial charge in [-0.2, -0.15) is 4.98 Å². The van der Waals surface area contributed by atoms with Crippen LogP contribution in [0.3, 0.4) is 0 Å². The van der Waals surface area contributed by atoms with Gasteiger partial charge in [0.15, 0.2) is 0 Å². The Bertz CT molecular complexity index is 1110. The molecule has 0 aliphatic rings. The fourth-order valence-corrected chi connectivity index (χ4v) is 2.70. The topological polar surface area (TPSA) is 81.4 Å². The molecule has 1 N–H and O–H groups in total. The minimum absolute atomic E-state index is 0.0620. The second kappa shape index (κ2) is 7.16. The Morgan fingerprint density at radius 1 is 1.04 bits per heavy atom. The summed E-state index contributed by atoms with van der Waals surface area (Å²) in [4.78, 5) is 20.6. The van der Waals surface area contributed by atoms with Crippen LogP contribution in [0.4, 0.5) is 5.69 Å². The number of anilines is 1. The number of rotatable bonds is 4. The molecule has 0 radical (unpaired) electrons. The molecule has 0 unspecified atom stereocenters. The molecule has 4 rings (SSSR count). The lowest BCUT2D eigenvalue weighted by Gasteiger charge is -2.07. The van der Waals surface area contributed by atoms with Crippen molar-refractivity contribution in [3.05, 3.63) is 76.8 Å². The molecule has 27 heavy (non-hydrogen) atoms. The molecule has 0 bridgehead atoms. The van der Waals surface area contributed by atoms with E-state index >= 15 is 0 Å². The summed E-state index contributed by atoms with van der Waals surface area (Å²) in [5.74, 6) is 1.44. The third kappa shape index (κ3) is 3.80. The van der Waals surface area contributed by atoms with Gasteiger partial charge < -0.3 is 10.1 Å². The predicted octanol–water partition coefficient (Wildman–Crippen LogP) is 4.24. The van der Waals surface area contributed by atoms with Crippen LogP contribution in [0.5, 0.6) is 11.5 Å². The molecule has 7 nitrogen and oxygen atoms in total. The van der Waals surface area contributed by atoms with Crippen molar-refractivity contribution in [1.82, 2.24) is 19.6 Å². The minimum atomic E-state index is -0.401. The molecule has 0 aliphatic heterocycles. The van der Waals surface area contributed by atoms with Gasteiger partial charge in [0.05, 0.1) is 0 Å². The molecule has 2 aromatic carbocycles. The van der Waals surface area contributed by atoms with Crippen molar-refractivity contribution in [1.29, 1.82) is 0 Å². The summed E-state index contributed by atoms with van der Waals surface area (Å²) in [5, 5.41) is 6.96. The van der Waals surface area contributed by atoms with Crippen LogP contribution in [-0.2, 0) is 0 Å². The van der Waals surface area contributed by atoms with Crippen LogP contribution in [0.1, 0.15) is 16.3 Å². The van der Waals surface area contributed by atoms with Crippen molar-refractivity contribution in [2.45, 2.75) is 6.92 Å². The molecule has 0 fully saturated rings. The van der Waals surface area contributed by atoms with E-state index in [2.05, 4.69) is 36.3 Å². The highest BCUT2D eigenvalue weighted by Gasteiger charge is 2.14. The van der Waals surface area contributed by atoms with E-state index in [9.17, 15) is 4.79 Å². The summed E-state index contributed by atoms with van der Waals surface area (Å²) in [6.45, 7) is 1.87. The quantitative estimate of drug-likeness (QED) is 0.530. The van der Waals surface area contributed by atoms with E-state index in [0.717, 1.165) is 15.9 Å². The molecule has 2 aromatic heterocycles. The highest BCUT2D eigenvalue weighted by molar-refractivity contribution is 9.10. The highest BCUT2D eigenvalue weighted by Crippen LogP contribution is 2.24. The maximum atomic E-state index is 12.4. The number of carbonyl (C=O) groups excluding carboxylic acids is 1. The van der Waals surface area contributed by atoms with E-state index in [4.69, 9.17) is 4.74 Å². The molecule has 0 saturated carbocycles. The van der Waals surface area contributed by atoms with E-state index in [1.54, 1.807) is 36.5 Å². The maximum Gasteiger partial charge on any atom is 0.295 e. The first-order valence-corrected chi connectivity index (χ1v) is 8.91. The van der Waals surface area contributed by atoms with Crippen molar-refractivity contribution >= 4 is 33.3 Å². The number of aryl methyl sites for hydroxylation is 1. The van der Waals surface area contributed by atoms with Gasteiger partial charge in [0.1, 0.15) is 11.5 Å². The average Bonchev–Trinajstić information content (AvgIpc) is 3.11. The van der Waals surface area contributed by atoms with Crippen molar-refractivity contribution < 1.29 is 9.53 Å². The summed E-state index contributed by atoms with van der Waals surface area (Å²) in [5.41, 5.74) is 1.47. The first-order chi connectivity index (χ1) is 13.1. The zero-order valence-electron chi connectivity index (χ0n) is 14.3. The van der Waals surface area contributed by atoms with Crippen molar-refractivity contribution in [3.8, 4) is 11.5 Å². The Kier molecular flexibility index (Phi) is 4.55. The molecule has 1 amide bonds. The zero-order valence-corrected chi connectivity index (χ0v) is 15.8. The number of amides is 1. The monoisotopic (exact) mass is 423 g/mol. The lowest BCUT2D eigenvalue weighted by molar-refractivity contribution is 0.101. The van der Waals surface area contributed by atoms with Crippen LogP contribution in [0.15, 0.2) is 65.3 Å². The number of nitrogens with one attached hydrogen (secondary N) is 1. The predicted molar refractivity (Wildman–Crippen MR) is 104 cm³/mol. The van der Waals surface area contributed by atoms with Crippen LogP contribution < -0.4 is 10.1 Å². The first-order valence-electron chi connectivity index (χ1n) is 8.12. The normalized spacial score (nSPS) is 10.7. The van der Waals surface area contributed by atoms with E-state index in [1.165, 1.54) is 4.52 Å². The number of ether oxygens (including phenoxy) is 1. The van der Waals surface area contributed by atoms with Crippen LogP contribution >= 0.6 is 15.9 Å². The van der Waals surface area contributed by atoms with Crippen LogP contribution in [0.25, 0.3) is 5.78 Å². The van der Waals surface area contributed by atoms with Gasteiger partial charge in [-0.05, 0) is 61.5 Å². The number of hydrogen-bond acceptors (Lipinski definition) is 5. The second-order valence-corrected chi connectivity index (χ2v) is 6.68. The largest absolute Gasteiger partial charge is 0.457 e. The third-order valence-corrected chi connectivity index (χ3v) is 4.32. The number of halogens is 1. The highest BCUT2D eigenvalue weighted by atomic mass is 79.9. The minimum Gasteiger partial charge on any atom is -0.457 e. The summed E-state index contributed by atoms with van der Waals surface area (Å²) in [6, 6.07) is 16.4. The van der Waals surface area contributed by atoms with Gasteiger partial charge in [-0.25, -0.2) is 9.50 Å². The van der Waals surface area contributed by atoms with E-state index in [0.29, 0.717) is 17.2 Å². The number of fused-ring (bicyclic) bond motifs is 1. The van der Waals surface area contributed by atoms with Crippen LogP contribution in [0.2, 0.25) is 0 Å². The van der Waals surface area contributed by atoms with Gasteiger partial charge in [0, 0.05) is 22.1 Å². The van der Waals surface area contributed by atoms with Crippen molar-refractivity contribution in [2.75, 3.05) is 5.32 Å². The molecule has 0 atom stereocenters. The van der Waals surface area contributed by atoms with Crippen molar-refractivity contribution in [2.24, 2.45) is 0 Å². The summed E-state index contributed by atoms with van der Waals surface area (Å²) in [6.07, 6.45) is 1.63. The number of carbonyl (C=O) groups is 1. The molecule has 0 aliphatic carbocycles. The lowest BCUT2D eigenvalue weighted by Crippen LogP contribution is -2.14. The molecule has 4 aromatic rings. The molecule has 0 saturated heterocycles. The summed E-state index contributed by atoms with van der Waals surface area (Å²) in [7, 11) is 0. The number of aromatic nitrogens is 4. The SMILES string of the molecule is Cc1ccnc2nc(C(=O)Nc3ccc(Oc4ccc(Br)cc4)cc3)nn12. The Labute approximate surface area is 163 Å². The fraction of sp³-hybridized carbons (Fsp3) is 0.0526. The number of hydrogen-bond donors (Lipinski definition) is 1. The van der Waals surface area contributed by atoms with E-state index in [1.807, 2.05) is 31.2 Å². The molecular weight excluding hydrogens is 410 g/mol. The lowest BCUT2D eigenvalue weighted by atomic mass is 10.3. The third-order valence-electron chi connectivity index (χ3n) is 3.79. The van der Waals surface area contributed by atoms with Crippen LogP contribution in [-0.4, -0.2) is 25.5 Å².